The van der Waals surface area contributed by atoms with Crippen molar-refractivity contribution >= 4 is 64.9 Å². The van der Waals surface area contributed by atoms with E-state index in [2.05, 4.69) is 249 Å². The number of benzene rings is 11. The summed E-state index contributed by atoms with van der Waals surface area (Å²) in [5, 5.41) is 12.6. The molecule has 11 aromatic carbocycles. The Labute approximate surface area is 411 Å². The highest BCUT2D eigenvalue weighted by Crippen LogP contribution is 2.45. The van der Waals surface area contributed by atoms with E-state index in [4.69, 9.17) is 0 Å². The average molecular weight is 896 g/mol. The molecular formula is C69H53N. The van der Waals surface area contributed by atoms with Crippen LogP contribution in [0.1, 0.15) is 6.92 Å². The van der Waals surface area contributed by atoms with Crippen molar-refractivity contribution < 1.29 is 0 Å². The topological polar surface area (TPSA) is 4.93 Å². The number of nitrogens with zero attached hydrogens (tertiary/aromatic N) is 1. The van der Waals surface area contributed by atoms with Crippen molar-refractivity contribution in [2.24, 2.45) is 0 Å². The highest BCUT2D eigenvalue weighted by atomic mass is 15.0. The molecule has 0 N–H and O–H groups in total. The van der Waals surface area contributed by atoms with Crippen LogP contribution in [0.3, 0.4) is 0 Å². The zero-order valence-corrected chi connectivity index (χ0v) is 39.5. The van der Waals surface area contributed by atoms with Crippen LogP contribution in [-0.4, -0.2) is 4.57 Å². The van der Waals surface area contributed by atoms with Gasteiger partial charge in [0.2, 0.25) is 0 Å². The lowest BCUT2D eigenvalue weighted by Crippen LogP contribution is -1.95. The molecule has 0 bridgehead atoms. The molecule has 1 aromatic heterocycles. The van der Waals surface area contributed by atoms with Crippen LogP contribution in [0, 0.1) is 0 Å². The van der Waals surface area contributed by atoms with Gasteiger partial charge in [-0.15, -0.1) is 0 Å². The van der Waals surface area contributed by atoms with E-state index >= 15 is 0 Å². The van der Waals surface area contributed by atoms with E-state index in [1.807, 2.05) is 31.2 Å². The van der Waals surface area contributed by atoms with Crippen LogP contribution in [0.5, 0.6) is 0 Å². The van der Waals surface area contributed by atoms with Gasteiger partial charge < -0.3 is 4.57 Å². The Hall–Kier alpha value is -9.04. The Bertz CT molecular complexity index is 3720. The number of hydrogen-bond donors (Lipinski definition) is 0. The van der Waals surface area contributed by atoms with Crippen LogP contribution in [0.4, 0.5) is 0 Å². The second-order valence-electron chi connectivity index (χ2n) is 17.2. The van der Waals surface area contributed by atoms with Crippen LogP contribution < -0.4 is 0 Å². The zero-order chi connectivity index (χ0) is 47.8. The Morgan fingerprint density at radius 3 is 1.10 bits per heavy atom. The van der Waals surface area contributed by atoms with Gasteiger partial charge in [-0.05, 0) is 131 Å². The smallest absolute Gasteiger partial charge is 0.0541 e. The van der Waals surface area contributed by atoms with Crippen molar-refractivity contribution in [3.63, 3.8) is 0 Å². The van der Waals surface area contributed by atoms with Gasteiger partial charge in [0, 0.05) is 16.5 Å². The minimum Gasteiger partial charge on any atom is -0.309 e. The van der Waals surface area contributed by atoms with Crippen LogP contribution >= 0.6 is 0 Å². The van der Waals surface area contributed by atoms with Gasteiger partial charge >= 0.3 is 0 Å². The van der Waals surface area contributed by atoms with E-state index in [-0.39, 0.29) is 0 Å². The molecule has 0 fully saturated rings. The lowest BCUT2D eigenvalue weighted by atomic mass is 9.86. The summed E-state index contributed by atoms with van der Waals surface area (Å²) in [6, 6.07) is 82.5. The fourth-order valence-corrected chi connectivity index (χ4v) is 10.0. The quantitative estimate of drug-likeness (QED) is 0.106. The summed E-state index contributed by atoms with van der Waals surface area (Å²) in [6.45, 7) is 12.4. The fraction of sp³-hybridized carbons (Fsp3) is 0.0145. The van der Waals surface area contributed by atoms with Crippen molar-refractivity contribution in [3.8, 4) is 50.2 Å². The molecule has 0 aliphatic rings. The summed E-state index contributed by atoms with van der Waals surface area (Å²) < 4.78 is 2.45. The first-order valence-electron chi connectivity index (χ1n) is 23.9. The first-order chi connectivity index (χ1) is 34.6. The van der Waals surface area contributed by atoms with Crippen molar-refractivity contribution in [2.45, 2.75) is 6.92 Å². The lowest BCUT2D eigenvalue weighted by Gasteiger charge is -2.18. The van der Waals surface area contributed by atoms with E-state index in [1.165, 1.54) is 109 Å². The third-order valence-corrected chi connectivity index (χ3v) is 13.1. The summed E-state index contributed by atoms with van der Waals surface area (Å²) in [4.78, 5) is 0. The van der Waals surface area contributed by atoms with E-state index in [9.17, 15) is 0 Å². The van der Waals surface area contributed by atoms with Gasteiger partial charge in [-0.2, -0.15) is 0 Å². The monoisotopic (exact) mass is 895 g/mol. The van der Waals surface area contributed by atoms with Crippen molar-refractivity contribution in [3.05, 3.63) is 287 Å². The maximum absolute atomic E-state index is 3.46. The third kappa shape index (κ3) is 8.58. The molecule has 0 unspecified atom stereocenters. The highest BCUT2D eigenvalue weighted by molar-refractivity contribution is 6.21. The number of hydrogen-bond acceptors (Lipinski definition) is 0. The van der Waals surface area contributed by atoms with Crippen molar-refractivity contribution in [1.82, 2.24) is 4.57 Å². The molecule has 12 aromatic rings. The molecule has 0 aliphatic carbocycles. The maximum Gasteiger partial charge on any atom is 0.0541 e. The minimum atomic E-state index is 1.14. The van der Waals surface area contributed by atoms with E-state index in [0.717, 1.165) is 5.69 Å². The Morgan fingerprint density at radius 2 is 0.686 bits per heavy atom. The maximum atomic E-state index is 3.46. The van der Waals surface area contributed by atoms with Crippen LogP contribution in [0.15, 0.2) is 287 Å². The third-order valence-electron chi connectivity index (χ3n) is 13.1. The van der Waals surface area contributed by atoms with Gasteiger partial charge in [0.05, 0.1) is 11.0 Å². The van der Waals surface area contributed by atoms with Gasteiger partial charge in [0.15, 0.2) is 0 Å². The van der Waals surface area contributed by atoms with Crippen molar-refractivity contribution in [2.75, 3.05) is 0 Å². The van der Waals surface area contributed by atoms with Gasteiger partial charge in [0.1, 0.15) is 0 Å². The first kappa shape index (κ1) is 44.8. The standard InChI is InChI=1S/C58H37N.C6H8.C5H8/c1-2-16-40(17-3-1)57-49-22-8-10-24-51(49)58(52-25-11-9-23-50(52)57)41-28-32-44(33-29-41)59-55-34-30-42(47-26-12-18-38-14-4-6-20-45(38)47)36-53(55)54-37-43(31-35-56(54)59)48-27-13-19-39-15-5-7-21-46(39)48;1-3-5-6-4-2;1-3-5-4-2/h1-37H;3-6H,1-2H2;3-5H,1H2,2H3/b;6-5-;5-4-. The molecule has 334 valence electrons. The summed E-state index contributed by atoms with van der Waals surface area (Å²) in [5.74, 6) is 0. The minimum absolute atomic E-state index is 1.14. The largest absolute Gasteiger partial charge is 0.309 e. The summed E-state index contributed by atoms with van der Waals surface area (Å²) in [7, 11) is 0. The molecule has 0 amide bonds. The molecule has 70 heavy (non-hydrogen) atoms. The molecule has 0 aliphatic heterocycles. The van der Waals surface area contributed by atoms with Crippen LogP contribution in [-0.2, 0) is 0 Å². The highest BCUT2D eigenvalue weighted by Gasteiger charge is 2.19. The SMILES string of the molecule is C=C/C=C\C.C=C/C=C\C=C.c1ccc(-c2c3ccccc3c(-c3ccc(-n4c5ccc(-c6cccc7ccccc67)cc5c5cc(-c6cccc7ccccc67)ccc54)cc3)c3ccccc23)cc1. The average Bonchev–Trinajstić information content (AvgIpc) is 3.75. The zero-order valence-electron chi connectivity index (χ0n) is 39.5. The van der Waals surface area contributed by atoms with E-state index < -0.39 is 0 Å². The molecule has 0 saturated carbocycles. The van der Waals surface area contributed by atoms with Gasteiger partial charge in [-0.25, -0.2) is 0 Å². The molecule has 1 heterocycles. The molecule has 0 saturated heterocycles. The second kappa shape index (κ2) is 20.4. The van der Waals surface area contributed by atoms with Crippen LogP contribution in [0.2, 0.25) is 0 Å². The van der Waals surface area contributed by atoms with Crippen molar-refractivity contribution in [1.29, 1.82) is 0 Å². The fourth-order valence-electron chi connectivity index (χ4n) is 10.0. The number of rotatable bonds is 8. The Balaban J connectivity index is 0.000000467. The molecule has 0 spiro atoms. The Kier molecular flexibility index (Phi) is 13.1. The first-order valence-corrected chi connectivity index (χ1v) is 23.9. The lowest BCUT2D eigenvalue weighted by molar-refractivity contribution is 1.18. The normalized spacial score (nSPS) is 11.3. The molecule has 12 rings (SSSR count). The number of fused-ring (bicyclic) bond motifs is 7. The second-order valence-corrected chi connectivity index (χ2v) is 17.2. The molecule has 0 radical (unpaired) electrons. The van der Waals surface area contributed by atoms with Gasteiger partial charge in [-0.1, -0.05) is 250 Å². The predicted octanol–water partition coefficient (Wildman–Crippen LogP) is 19.7. The molecular weight excluding hydrogens is 843 g/mol. The van der Waals surface area contributed by atoms with E-state index in [0.29, 0.717) is 0 Å². The molecule has 0 atom stereocenters. The Morgan fingerprint density at radius 1 is 0.314 bits per heavy atom. The van der Waals surface area contributed by atoms with Gasteiger partial charge in [-0.3, -0.25) is 0 Å². The van der Waals surface area contributed by atoms with Crippen LogP contribution in [0.25, 0.3) is 115 Å². The summed E-state index contributed by atoms with van der Waals surface area (Å²) >= 11 is 0. The predicted molar refractivity (Wildman–Crippen MR) is 307 cm³/mol. The van der Waals surface area contributed by atoms with Gasteiger partial charge in [0.25, 0.3) is 0 Å². The number of allylic oxidation sites excluding steroid dienone is 7. The number of aromatic nitrogens is 1. The molecule has 1 nitrogen and oxygen atoms in total. The summed E-state index contributed by atoms with van der Waals surface area (Å²) in [5.41, 5.74) is 13.4. The summed E-state index contributed by atoms with van der Waals surface area (Å²) in [6.07, 6.45) is 12.6. The molecule has 1 heteroatoms. The van der Waals surface area contributed by atoms with E-state index in [1.54, 1.807) is 18.2 Å².